The van der Waals surface area contributed by atoms with Gasteiger partial charge < -0.3 is 10.1 Å². The molecule has 1 aromatic carbocycles. The van der Waals surface area contributed by atoms with E-state index in [-0.39, 0.29) is 30.6 Å². The summed E-state index contributed by atoms with van der Waals surface area (Å²) in [4.78, 5) is 35.4. The first-order valence-corrected chi connectivity index (χ1v) is 8.45. The fourth-order valence-electron chi connectivity index (χ4n) is 2.41. The number of ether oxygens (including phenoxy) is 1. The third-order valence-electron chi connectivity index (χ3n) is 3.69. The van der Waals surface area contributed by atoms with E-state index in [0.717, 1.165) is 5.56 Å². The molecule has 0 saturated carbocycles. The van der Waals surface area contributed by atoms with Crippen LogP contribution in [0.5, 0.6) is 0 Å². The zero-order valence-electron chi connectivity index (χ0n) is 14.4. The highest BCUT2D eigenvalue weighted by Crippen LogP contribution is 2.13. The molecular formula is C18H23N3O4. The molecule has 0 unspecified atom stereocenters. The Morgan fingerprint density at radius 1 is 1.24 bits per heavy atom. The molecule has 2 rings (SSSR count). The van der Waals surface area contributed by atoms with Gasteiger partial charge in [0, 0.05) is 25.8 Å². The van der Waals surface area contributed by atoms with Crippen LogP contribution in [0, 0.1) is 0 Å². The lowest BCUT2D eigenvalue weighted by Gasteiger charge is -2.23. The zero-order valence-corrected chi connectivity index (χ0v) is 14.4. The molecule has 1 aliphatic rings. The summed E-state index contributed by atoms with van der Waals surface area (Å²) >= 11 is 0. The first-order valence-electron chi connectivity index (χ1n) is 8.45. The standard InChI is InChI=1S/C18H23N3O4/c1-2-25-17(23)9-6-12-19-18(24)15-10-11-16(22)21(20-15)13-14-7-4-3-5-8-14/h3-5,7-8H,2,6,9-13H2,1H3,(H,19,24). The number of carbonyl (C=O) groups excluding carboxylic acids is 3. The van der Waals surface area contributed by atoms with Crippen LogP contribution in [0.1, 0.15) is 38.2 Å². The van der Waals surface area contributed by atoms with E-state index < -0.39 is 0 Å². The van der Waals surface area contributed by atoms with E-state index in [2.05, 4.69) is 10.4 Å². The highest BCUT2D eigenvalue weighted by Gasteiger charge is 2.24. The van der Waals surface area contributed by atoms with Crippen molar-refractivity contribution in [1.82, 2.24) is 10.3 Å². The normalized spacial score (nSPS) is 14.0. The van der Waals surface area contributed by atoms with Crippen molar-refractivity contribution in [3.05, 3.63) is 35.9 Å². The number of benzene rings is 1. The molecule has 1 N–H and O–H groups in total. The number of amides is 2. The van der Waals surface area contributed by atoms with E-state index in [1.807, 2.05) is 30.3 Å². The molecule has 0 radical (unpaired) electrons. The summed E-state index contributed by atoms with van der Waals surface area (Å²) in [6, 6.07) is 9.51. The molecule has 2 amide bonds. The van der Waals surface area contributed by atoms with E-state index >= 15 is 0 Å². The van der Waals surface area contributed by atoms with Gasteiger partial charge in [-0.15, -0.1) is 0 Å². The minimum Gasteiger partial charge on any atom is -0.466 e. The summed E-state index contributed by atoms with van der Waals surface area (Å²) in [6.07, 6.45) is 1.36. The van der Waals surface area contributed by atoms with Crippen LogP contribution >= 0.6 is 0 Å². The molecule has 7 heteroatoms. The summed E-state index contributed by atoms with van der Waals surface area (Å²) in [6.45, 7) is 2.82. The number of esters is 1. The Bertz CT molecular complexity index is 643. The van der Waals surface area contributed by atoms with E-state index in [1.165, 1.54) is 5.01 Å². The number of nitrogens with zero attached hydrogens (tertiary/aromatic N) is 2. The predicted octanol–water partition coefficient (Wildman–Crippen LogP) is 1.62. The van der Waals surface area contributed by atoms with Crippen LogP contribution in [-0.4, -0.2) is 41.7 Å². The predicted molar refractivity (Wildman–Crippen MR) is 92.5 cm³/mol. The first-order chi connectivity index (χ1) is 12.1. The maximum atomic E-state index is 12.2. The SMILES string of the molecule is CCOC(=O)CCCNC(=O)C1=NN(Cc2ccccc2)C(=O)CC1. The third-order valence-corrected chi connectivity index (χ3v) is 3.69. The number of hydrogen-bond donors (Lipinski definition) is 1. The lowest BCUT2D eigenvalue weighted by atomic mass is 10.1. The molecule has 0 atom stereocenters. The lowest BCUT2D eigenvalue weighted by molar-refractivity contribution is -0.143. The molecule has 1 aliphatic heterocycles. The Labute approximate surface area is 147 Å². The average Bonchev–Trinajstić information content (AvgIpc) is 2.61. The fourth-order valence-corrected chi connectivity index (χ4v) is 2.41. The zero-order chi connectivity index (χ0) is 18.1. The second-order valence-corrected chi connectivity index (χ2v) is 5.65. The molecule has 0 saturated heterocycles. The van der Waals surface area contributed by atoms with Crippen molar-refractivity contribution in [2.45, 2.75) is 39.2 Å². The molecule has 0 bridgehead atoms. The topological polar surface area (TPSA) is 88.1 Å². The van der Waals surface area contributed by atoms with E-state index in [4.69, 9.17) is 4.74 Å². The van der Waals surface area contributed by atoms with Crippen LogP contribution in [0.4, 0.5) is 0 Å². The van der Waals surface area contributed by atoms with Crippen molar-refractivity contribution in [2.24, 2.45) is 5.10 Å². The highest BCUT2D eigenvalue weighted by atomic mass is 16.5. The van der Waals surface area contributed by atoms with Crippen LogP contribution < -0.4 is 5.32 Å². The van der Waals surface area contributed by atoms with Gasteiger partial charge in [0.25, 0.3) is 5.91 Å². The molecular weight excluding hydrogens is 322 g/mol. The Kier molecular flexibility index (Phi) is 7.13. The molecule has 134 valence electrons. The van der Waals surface area contributed by atoms with Gasteiger partial charge in [0.15, 0.2) is 0 Å². The Morgan fingerprint density at radius 3 is 2.72 bits per heavy atom. The van der Waals surface area contributed by atoms with Crippen molar-refractivity contribution >= 4 is 23.5 Å². The Hall–Kier alpha value is -2.70. The number of carbonyl (C=O) groups is 3. The van der Waals surface area contributed by atoms with Crippen molar-refractivity contribution in [3.8, 4) is 0 Å². The molecule has 25 heavy (non-hydrogen) atoms. The molecule has 1 heterocycles. The smallest absolute Gasteiger partial charge is 0.305 e. The van der Waals surface area contributed by atoms with Gasteiger partial charge in [-0.2, -0.15) is 5.10 Å². The largest absolute Gasteiger partial charge is 0.466 e. The Morgan fingerprint density at radius 2 is 2.00 bits per heavy atom. The second-order valence-electron chi connectivity index (χ2n) is 5.65. The van der Waals surface area contributed by atoms with Crippen molar-refractivity contribution in [1.29, 1.82) is 0 Å². The molecule has 0 aromatic heterocycles. The maximum absolute atomic E-state index is 12.2. The van der Waals surface area contributed by atoms with Crippen LogP contribution in [0.15, 0.2) is 35.4 Å². The van der Waals surface area contributed by atoms with Gasteiger partial charge in [-0.1, -0.05) is 30.3 Å². The molecule has 7 nitrogen and oxygen atoms in total. The number of rotatable bonds is 8. The van der Waals surface area contributed by atoms with E-state index in [1.54, 1.807) is 6.92 Å². The van der Waals surface area contributed by atoms with Gasteiger partial charge >= 0.3 is 5.97 Å². The summed E-state index contributed by atoms with van der Waals surface area (Å²) in [7, 11) is 0. The summed E-state index contributed by atoms with van der Waals surface area (Å²) in [5.74, 6) is -0.663. The molecule has 0 aliphatic carbocycles. The van der Waals surface area contributed by atoms with Crippen molar-refractivity contribution in [3.63, 3.8) is 0 Å². The number of hydrogen-bond acceptors (Lipinski definition) is 5. The summed E-state index contributed by atoms with van der Waals surface area (Å²) < 4.78 is 4.83. The molecule has 1 aromatic rings. The monoisotopic (exact) mass is 345 g/mol. The quantitative estimate of drug-likeness (QED) is 0.573. The van der Waals surface area contributed by atoms with Gasteiger partial charge in [0.05, 0.1) is 13.2 Å². The van der Waals surface area contributed by atoms with Crippen LogP contribution in [0.2, 0.25) is 0 Å². The van der Waals surface area contributed by atoms with Gasteiger partial charge in [-0.3, -0.25) is 14.4 Å². The van der Waals surface area contributed by atoms with Gasteiger partial charge in [-0.25, -0.2) is 5.01 Å². The highest BCUT2D eigenvalue weighted by molar-refractivity contribution is 6.39. The molecule has 0 fully saturated rings. The summed E-state index contributed by atoms with van der Waals surface area (Å²) in [5.41, 5.74) is 1.29. The van der Waals surface area contributed by atoms with Crippen LogP contribution in [0.25, 0.3) is 0 Å². The average molecular weight is 345 g/mol. The van der Waals surface area contributed by atoms with Crippen LogP contribution in [0.3, 0.4) is 0 Å². The van der Waals surface area contributed by atoms with Crippen LogP contribution in [-0.2, 0) is 25.7 Å². The fraction of sp³-hybridized carbons (Fsp3) is 0.444. The van der Waals surface area contributed by atoms with E-state index in [9.17, 15) is 14.4 Å². The maximum Gasteiger partial charge on any atom is 0.305 e. The van der Waals surface area contributed by atoms with Gasteiger partial charge in [0.2, 0.25) is 5.91 Å². The first kappa shape index (κ1) is 18.6. The number of nitrogens with one attached hydrogen (secondary N) is 1. The number of hydrazone groups is 1. The van der Waals surface area contributed by atoms with Crippen molar-refractivity contribution < 1.29 is 19.1 Å². The van der Waals surface area contributed by atoms with Gasteiger partial charge in [0.1, 0.15) is 5.71 Å². The minimum atomic E-state index is -0.297. The Balaban J connectivity index is 1.85. The summed E-state index contributed by atoms with van der Waals surface area (Å²) in [5, 5.41) is 8.27. The third kappa shape index (κ3) is 6.02. The second kappa shape index (κ2) is 9.56. The molecule has 0 spiro atoms. The van der Waals surface area contributed by atoms with Crippen molar-refractivity contribution in [2.75, 3.05) is 13.2 Å². The minimum absolute atomic E-state index is 0.0947. The van der Waals surface area contributed by atoms with E-state index in [0.29, 0.717) is 38.2 Å². The van der Waals surface area contributed by atoms with Gasteiger partial charge in [-0.05, 0) is 18.9 Å². The lowest BCUT2D eigenvalue weighted by Crippen LogP contribution is -2.39.